The van der Waals surface area contributed by atoms with Crippen molar-refractivity contribution in [1.29, 1.82) is 0 Å². The van der Waals surface area contributed by atoms with E-state index in [4.69, 9.17) is 9.47 Å². The minimum absolute atomic E-state index is 0.0409. The van der Waals surface area contributed by atoms with Crippen molar-refractivity contribution in [2.45, 2.75) is 12.6 Å². The Morgan fingerprint density at radius 3 is 2.19 bits per heavy atom. The largest absolute Gasteiger partial charge is 0.507 e. The third-order valence-electron chi connectivity index (χ3n) is 5.53. The number of aliphatic hydroxyl groups excluding tert-OH is 1. The number of benzene rings is 3. The molecule has 1 unspecified atom stereocenters. The van der Waals surface area contributed by atoms with Crippen molar-refractivity contribution in [1.82, 2.24) is 4.90 Å². The van der Waals surface area contributed by atoms with E-state index in [0.29, 0.717) is 17.1 Å². The molecule has 1 atom stereocenters. The summed E-state index contributed by atoms with van der Waals surface area (Å²) >= 11 is 0. The van der Waals surface area contributed by atoms with Crippen LogP contribution in [0.15, 0.2) is 84.4 Å². The van der Waals surface area contributed by atoms with Crippen LogP contribution in [-0.2, 0) is 16.1 Å². The van der Waals surface area contributed by atoms with E-state index in [0.717, 1.165) is 11.1 Å². The number of nitrogens with zero attached hydrogens (tertiary/aromatic N) is 1. The number of rotatable bonds is 6. The third kappa shape index (κ3) is 3.83. The maximum Gasteiger partial charge on any atom is 0.295 e. The highest BCUT2D eigenvalue weighted by Gasteiger charge is 2.46. The van der Waals surface area contributed by atoms with Gasteiger partial charge < -0.3 is 19.5 Å². The Bertz CT molecular complexity index is 1170. The first-order valence-electron chi connectivity index (χ1n) is 10.1. The normalized spacial score (nSPS) is 17.4. The molecule has 6 heteroatoms. The van der Waals surface area contributed by atoms with Crippen LogP contribution < -0.4 is 9.47 Å². The predicted molar refractivity (Wildman–Crippen MR) is 120 cm³/mol. The molecule has 162 valence electrons. The molecule has 0 saturated carbocycles. The van der Waals surface area contributed by atoms with Crippen LogP contribution in [0, 0.1) is 0 Å². The average molecular weight is 429 g/mol. The number of carbonyl (C=O) groups excluding carboxylic acids is 2. The van der Waals surface area contributed by atoms with Gasteiger partial charge in [-0.15, -0.1) is 0 Å². The van der Waals surface area contributed by atoms with Gasteiger partial charge in [0.1, 0.15) is 17.3 Å². The smallest absolute Gasteiger partial charge is 0.295 e. The second-order valence-electron chi connectivity index (χ2n) is 7.39. The van der Waals surface area contributed by atoms with Crippen molar-refractivity contribution in [3.05, 3.63) is 101 Å². The molecule has 1 N–H and O–H groups in total. The first kappa shape index (κ1) is 21.2. The first-order chi connectivity index (χ1) is 15.5. The molecule has 6 nitrogen and oxygen atoms in total. The lowest BCUT2D eigenvalue weighted by atomic mass is 9.95. The van der Waals surface area contributed by atoms with Crippen LogP contribution >= 0.6 is 0 Å². The van der Waals surface area contributed by atoms with Crippen LogP contribution in [0.5, 0.6) is 11.5 Å². The highest BCUT2D eigenvalue weighted by molar-refractivity contribution is 6.46. The Kier molecular flexibility index (Phi) is 5.94. The van der Waals surface area contributed by atoms with Gasteiger partial charge >= 0.3 is 0 Å². The fraction of sp³-hybridized carbons (Fsp3) is 0.154. The number of likely N-dealkylation sites (tertiary alicyclic amines) is 1. The lowest BCUT2D eigenvalue weighted by Gasteiger charge is -2.25. The Morgan fingerprint density at radius 2 is 1.53 bits per heavy atom. The lowest BCUT2D eigenvalue weighted by molar-refractivity contribution is -0.140. The number of hydrogen-bond acceptors (Lipinski definition) is 5. The monoisotopic (exact) mass is 429 g/mol. The molecule has 1 aliphatic heterocycles. The van der Waals surface area contributed by atoms with Gasteiger partial charge in [0.25, 0.3) is 11.7 Å². The van der Waals surface area contributed by atoms with E-state index in [1.54, 1.807) is 43.5 Å². The number of ketones is 1. The molecule has 3 aromatic carbocycles. The van der Waals surface area contributed by atoms with E-state index >= 15 is 0 Å². The minimum Gasteiger partial charge on any atom is -0.507 e. The third-order valence-corrected chi connectivity index (χ3v) is 5.53. The quantitative estimate of drug-likeness (QED) is 0.359. The van der Waals surface area contributed by atoms with Gasteiger partial charge in [-0.05, 0) is 35.4 Å². The van der Waals surface area contributed by atoms with E-state index in [2.05, 4.69) is 0 Å². The molecule has 0 spiro atoms. The SMILES string of the molecule is COc1ccc(CN2C(=O)C(=O)/C(=C(\O)c3ccccc3OC)C2c2ccccc2)cc1. The Balaban J connectivity index is 1.84. The van der Waals surface area contributed by atoms with Gasteiger partial charge in [-0.25, -0.2) is 0 Å². The number of hydrogen-bond donors (Lipinski definition) is 1. The number of ether oxygens (including phenoxy) is 2. The van der Waals surface area contributed by atoms with Gasteiger partial charge in [-0.1, -0.05) is 54.6 Å². The predicted octanol–water partition coefficient (Wildman–Crippen LogP) is 4.33. The molecule has 4 rings (SSSR count). The first-order valence-corrected chi connectivity index (χ1v) is 10.1. The van der Waals surface area contributed by atoms with Gasteiger partial charge in [-0.2, -0.15) is 0 Å². The minimum atomic E-state index is -0.733. The molecule has 1 saturated heterocycles. The molecule has 32 heavy (non-hydrogen) atoms. The Hall–Kier alpha value is -4.06. The molecule has 0 bridgehead atoms. The number of methoxy groups -OCH3 is 2. The van der Waals surface area contributed by atoms with Crippen molar-refractivity contribution < 1.29 is 24.2 Å². The van der Waals surface area contributed by atoms with Crippen LogP contribution in [0.1, 0.15) is 22.7 Å². The van der Waals surface area contributed by atoms with E-state index in [-0.39, 0.29) is 17.9 Å². The second kappa shape index (κ2) is 8.98. The highest BCUT2D eigenvalue weighted by atomic mass is 16.5. The van der Waals surface area contributed by atoms with Crippen LogP contribution in [0.25, 0.3) is 5.76 Å². The average Bonchev–Trinajstić information content (AvgIpc) is 3.09. The Labute approximate surface area is 186 Å². The zero-order valence-electron chi connectivity index (χ0n) is 17.8. The van der Waals surface area contributed by atoms with Crippen molar-refractivity contribution in [3.8, 4) is 11.5 Å². The molecular formula is C26H23NO5. The maximum absolute atomic E-state index is 13.1. The summed E-state index contributed by atoms with van der Waals surface area (Å²) in [5, 5.41) is 11.2. The van der Waals surface area contributed by atoms with E-state index in [1.807, 2.05) is 42.5 Å². The Morgan fingerprint density at radius 1 is 0.875 bits per heavy atom. The van der Waals surface area contributed by atoms with Crippen molar-refractivity contribution in [2.75, 3.05) is 14.2 Å². The van der Waals surface area contributed by atoms with Gasteiger partial charge in [-0.3, -0.25) is 9.59 Å². The van der Waals surface area contributed by atoms with Gasteiger partial charge in [0, 0.05) is 6.54 Å². The van der Waals surface area contributed by atoms with Crippen LogP contribution in [0.2, 0.25) is 0 Å². The lowest BCUT2D eigenvalue weighted by Crippen LogP contribution is -2.29. The zero-order chi connectivity index (χ0) is 22.7. The maximum atomic E-state index is 13.1. The fourth-order valence-electron chi connectivity index (χ4n) is 3.94. The number of carbonyl (C=O) groups is 2. The molecule has 1 fully saturated rings. The molecular weight excluding hydrogens is 406 g/mol. The summed E-state index contributed by atoms with van der Waals surface area (Å²) in [5.74, 6) is -0.529. The second-order valence-corrected chi connectivity index (χ2v) is 7.39. The van der Waals surface area contributed by atoms with E-state index in [1.165, 1.54) is 12.0 Å². The summed E-state index contributed by atoms with van der Waals surface area (Å²) in [6.45, 7) is 0.205. The van der Waals surface area contributed by atoms with Crippen LogP contribution in [0.3, 0.4) is 0 Å². The van der Waals surface area contributed by atoms with Crippen molar-refractivity contribution >= 4 is 17.4 Å². The summed E-state index contributed by atoms with van der Waals surface area (Å²) in [6, 6.07) is 22.7. The molecule has 1 amide bonds. The highest BCUT2D eigenvalue weighted by Crippen LogP contribution is 2.41. The molecule has 0 aliphatic carbocycles. The molecule has 1 heterocycles. The van der Waals surface area contributed by atoms with Crippen molar-refractivity contribution in [2.24, 2.45) is 0 Å². The standard InChI is InChI=1S/C26H23NO5/c1-31-19-14-12-17(13-15-19)16-27-23(18-8-4-3-5-9-18)22(25(29)26(27)30)24(28)20-10-6-7-11-21(20)32-2/h3-15,23,28H,16H2,1-2H3/b24-22-. The van der Waals surface area contributed by atoms with Gasteiger partial charge in [0.05, 0.1) is 31.4 Å². The molecule has 1 aliphatic rings. The summed E-state index contributed by atoms with van der Waals surface area (Å²) in [7, 11) is 3.07. The number of Topliss-reactive ketones (excluding diaryl/α,β-unsaturated/α-hetero) is 1. The summed E-state index contributed by atoms with van der Waals surface area (Å²) in [4.78, 5) is 27.7. The van der Waals surface area contributed by atoms with Gasteiger partial charge in [0.15, 0.2) is 0 Å². The molecule has 3 aromatic rings. The van der Waals surface area contributed by atoms with Gasteiger partial charge in [0.2, 0.25) is 0 Å². The number of aliphatic hydroxyl groups is 1. The molecule has 0 radical (unpaired) electrons. The summed E-state index contributed by atoms with van der Waals surface area (Å²) in [5.41, 5.74) is 1.97. The van der Waals surface area contributed by atoms with Crippen LogP contribution in [-0.4, -0.2) is 35.9 Å². The summed E-state index contributed by atoms with van der Waals surface area (Å²) in [6.07, 6.45) is 0. The fourth-order valence-corrected chi connectivity index (χ4v) is 3.94. The zero-order valence-corrected chi connectivity index (χ0v) is 17.8. The van der Waals surface area contributed by atoms with E-state index < -0.39 is 17.7 Å². The summed E-state index contributed by atoms with van der Waals surface area (Å²) < 4.78 is 10.6. The van der Waals surface area contributed by atoms with Crippen LogP contribution in [0.4, 0.5) is 0 Å². The number of para-hydroxylation sites is 1. The number of amides is 1. The molecule has 0 aromatic heterocycles. The topological polar surface area (TPSA) is 76.1 Å². The van der Waals surface area contributed by atoms with E-state index in [9.17, 15) is 14.7 Å². The van der Waals surface area contributed by atoms with Crippen molar-refractivity contribution in [3.63, 3.8) is 0 Å².